The topological polar surface area (TPSA) is 143 Å². The minimum Gasteiger partial charge on any atom is -0.508 e. The Hall–Kier alpha value is -3.99. The molecule has 1 aromatic carbocycles. The van der Waals surface area contributed by atoms with Crippen molar-refractivity contribution in [2.45, 2.75) is 45.2 Å². The zero-order valence-corrected chi connectivity index (χ0v) is 21.6. The average molecular weight is 524 g/mol. The largest absolute Gasteiger partial charge is 0.508 e. The van der Waals surface area contributed by atoms with Crippen molar-refractivity contribution in [3.8, 4) is 5.75 Å². The summed E-state index contributed by atoms with van der Waals surface area (Å²) in [5.74, 6) is -0.861. The molecule has 4 N–H and O–H groups in total. The molecule has 0 saturated carbocycles. The Morgan fingerprint density at radius 2 is 1.89 bits per heavy atom. The van der Waals surface area contributed by atoms with Crippen molar-refractivity contribution < 1.29 is 24.2 Å². The smallest absolute Gasteiger partial charge is 0.330 e. The maximum Gasteiger partial charge on any atom is 0.330 e. The van der Waals surface area contributed by atoms with Crippen LogP contribution in [0, 0.1) is 13.8 Å². The number of hydrogen-bond donors (Lipinski definition) is 4. The van der Waals surface area contributed by atoms with Gasteiger partial charge in [0.1, 0.15) is 11.8 Å². The van der Waals surface area contributed by atoms with E-state index >= 15 is 0 Å². The summed E-state index contributed by atoms with van der Waals surface area (Å²) in [5, 5.41) is 20.1. The van der Waals surface area contributed by atoms with Crippen LogP contribution in [-0.2, 0) is 22.4 Å². The van der Waals surface area contributed by atoms with Gasteiger partial charge >= 0.3 is 5.97 Å². The molecule has 0 aliphatic heterocycles. The van der Waals surface area contributed by atoms with Crippen LogP contribution in [0.2, 0.25) is 0 Å². The highest BCUT2D eigenvalue weighted by Gasteiger charge is 2.26. The highest BCUT2D eigenvalue weighted by Crippen LogP contribution is 2.26. The van der Waals surface area contributed by atoms with Crippen LogP contribution in [0.4, 0.5) is 5.95 Å². The van der Waals surface area contributed by atoms with E-state index in [9.17, 15) is 19.5 Å². The van der Waals surface area contributed by atoms with Crippen molar-refractivity contribution in [1.29, 1.82) is 0 Å². The number of benzene rings is 1. The molecule has 11 heteroatoms. The molecule has 0 fully saturated rings. The first-order valence-corrected chi connectivity index (χ1v) is 12.8. The number of rotatable bonds is 8. The number of phenols is 1. The fraction of sp³-hybridized carbons (Fsp3) is 0.346. The third-order valence-electron chi connectivity index (χ3n) is 6.25. The number of phenolic OH excluding ortho intramolecular Hbond substituents is 1. The van der Waals surface area contributed by atoms with Crippen molar-refractivity contribution in [2.75, 3.05) is 19.0 Å². The fourth-order valence-corrected chi connectivity index (χ4v) is 5.05. The monoisotopic (exact) mass is 523 g/mol. The number of anilines is 1. The molecule has 1 aliphatic carbocycles. The predicted octanol–water partition coefficient (Wildman–Crippen LogP) is 2.53. The molecule has 3 aromatic rings. The molecule has 10 nitrogen and oxygen atoms in total. The van der Waals surface area contributed by atoms with Crippen molar-refractivity contribution >= 4 is 35.1 Å². The van der Waals surface area contributed by atoms with Gasteiger partial charge in [-0.3, -0.25) is 9.59 Å². The van der Waals surface area contributed by atoms with E-state index in [1.54, 1.807) is 43.5 Å². The SMILES string of the molecule is COC(=O)[C@H](CNC(=O)c1cccs1)NC(=O)c1c(C)nc(NC2CCc3cc(O)ccc3C2)nc1C. The van der Waals surface area contributed by atoms with Gasteiger partial charge in [0.05, 0.1) is 28.9 Å². The lowest BCUT2D eigenvalue weighted by atomic mass is 9.88. The standard InChI is InChI=1S/C26H29N5O5S/c1-14-22(24(34)31-20(25(35)36-3)13-27-23(33)21-5-4-10-37-21)15(2)29-26(28-14)30-18-8-6-17-12-19(32)9-7-16(17)11-18/h4-5,7,9-10,12,18,20,32H,6,8,11,13H2,1-3H3,(H,27,33)(H,31,34)(H,28,29,30)/t18?,20-/m0/s1. The number of hydrogen-bond acceptors (Lipinski definition) is 9. The molecule has 0 saturated heterocycles. The summed E-state index contributed by atoms with van der Waals surface area (Å²) in [6.45, 7) is 3.29. The number of fused-ring (bicyclic) bond motifs is 1. The van der Waals surface area contributed by atoms with Gasteiger partial charge in [0.2, 0.25) is 5.95 Å². The number of esters is 1. The molecular formula is C26H29N5O5S. The van der Waals surface area contributed by atoms with E-state index in [1.165, 1.54) is 24.0 Å². The van der Waals surface area contributed by atoms with Crippen LogP contribution < -0.4 is 16.0 Å². The van der Waals surface area contributed by atoms with Crippen LogP contribution in [0.1, 0.15) is 49.0 Å². The van der Waals surface area contributed by atoms with Crippen LogP contribution in [0.25, 0.3) is 0 Å². The second kappa shape index (κ2) is 11.4. The van der Waals surface area contributed by atoms with Gasteiger partial charge < -0.3 is 25.8 Å². The maximum atomic E-state index is 13.1. The summed E-state index contributed by atoms with van der Waals surface area (Å²) in [6.07, 6.45) is 2.47. The number of thiophene rings is 1. The predicted molar refractivity (Wildman–Crippen MR) is 139 cm³/mol. The van der Waals surface area contributed by atoms with Gasteiger partial charge in [-0.1, -0.05) is 12.1 Å². The van der Waals surface area contributed by atoms with Crippen LogP contribution >= 0.6 is 11.3 Å². The molecule has 0 spiro atoms. The second-order valence-electron chi connectivity index (χ2n) is 8.87. The first-order valence-electron chi connectivity index (χ1n) is 11.9. The molecule has 37 heavy (non-hydrogen) atoms. The maximum absolute atomic E-state index is 13.1. The summed E-state index contributed by atoms with van der Waals surface area (Å²) in [4.78, 5) is 47.1. The Balaban J connectivity index is 1.42. The number of carbonyl (C=O) groups is 3. The molecule has 0 radical (unpaired) electrons. The van der Waals surface area contributed by atoms with E-state index in [0.29, 0.717) is 22.2 Å². The van der Waals surface area contributed by atoms with Crippen LogP contribution in [-0.4, -0.2) is 58.6 Å². The number of ether oxygens (including phenoxy) is 1. The first kappa shape index (κ1) is 26.1. The lowest BCUT2D eigenvalue weighted by molar-refractivity contribution is -0.142. The number of carbonyl (C=O) groups excluding carboxylic acids is 3. The third-order valence-corrected chi connectivity index (χ3v) is 7.12. The number of methoxy groups -OCH3 is 1. The summed E-state index contributed by atoms with van der Waals surface area (Å²) in [7, 11) is 1.22. The van der Waals surface area contributed by atoms with Crippen LogP contribution in [0.15, 0.2) is 35.7 Å². The van der Waals surface area contributed by atoms with Crippen molar-refractivity contribution in [1.82, 2.24) is 20.6 Å². The summed E-state index contributed by atoms with van der Waals surface area (Å²) in [6, 6.07) is 7.88. The molecular weight excluding hydrogens is 494 g/mol. The van der Waals surface area contributed by atoms with E-state index < -0.39 is 17.9 Å². The summed E-state index contributed by atoms with van der Waals surface area (Å²) in [5.41, 5.74) is 3.49. The second-order valence-corrected chi connectivity index (χ2v) is 9.81. The molecule has 2 amide bonds. The number of nitrogens with one attached hydrogen (secondary N) is 3. The Morgan fingerprint density at radius 3 is 2.57 bits per heavy atom. The molecule has 2 heterocycles. The van der Waals surface area contributed by atoms with Gasteiger partial charge in [-0.05, 0) is 67.8 Å². The normalized spacial score (nSPS) is 15.3. The number of aromatic hydroxyl groups is 1. The Morgan fingerprint density at radius 1 is 1.14 bits per heavy atom. The minimum atomic E-state index is -1.08. The number of nitrogens with zero attached hydrogens (tertiary/aromatic N) is 2. The molecule has 1 unspecified atom stereocenters. The number of aromatic nitrogens is 2. The van der Waals surface area contributed by atoms with Gasteiger partial charge in [0.15, 0.2) is 0 Å². The third kappa shape index (κ3) is 6.23. The van der Waals surface area contributed by atoms with E-state index in [-0.39, 0.29) is 29.8 Å². The zero-order valence-electron chi connectivity index (χ0n) is 20.8. The van der Waals surface area contributed by atoms with E-state index in [1.807, 2.05) is 6.07 Å². The lowest BCUT2D eigenvalue weighted by Crippen LogP contribution is -2.49. The molecule has 1 aliphatic rings. The van der Waals surface area contributed by atoms with Gasteiger partial charge in [-0.2, -0.15) is 0 Å². The molecule has 0 bridgehead atoms. The van der Waals surface area contributed by atoms with Crippen molar-refractivity contribution in [3.63, 3.8) is 0 Å². The highest BCUT2D eigenvalue weighted by atomic mass is 32.1. The number of amides is 2. The molecule has 2 aromatic heterocycles. The van der Waals surface area contributed by atoms with E-state index in [0.717, 1.165) is 24.8 Å². The van der Waals surface area contributed by atoms with Gasteiger partial charge in [-0.25, -0.2) is 14.8 Å². The van der Waals surface area contributed by atoms with Gasteiger partial charge in [-0.15, -0.1) is 11.3 Å². The van der Waals surface area contributed by atoms with Gasteiger partial charge in [0.25, 0.3) is 11.8 Å². The van der Waals surface area contributed by atoms with E-state index in [2.05, 4.69) is 25.9 Å². The Bertz CT molecular complexity index is 1290. The van der Waals surface area contributed by atoms with E-state index in [4.69, 9.17) is 4.74 Å². The zero-order chi connectivity index (χ0) is 26.5. The Labute approximate surface area is 218 Å². The van der Waals surface area contributed by atoms with Crippen LogP contribution in [0.3, 0.4) is 0 Å². The summed E-state index contributed by atoms with van der Waals surface area (Å²) < 4.78 is 4.81. The summed E-state index contributed by atoms with van der Waals surface area (Å²) >= 11 is 1.27. The average Bonchev–Trinajstić information content (AvgIpc) is 3.41. The molecule has 194 valence electrons. The minimum absolute atomic E-state index is 0.117. The Kier molecular flexibility index (Phi) is 8.02. The molecule has 4 rings (SSSR count). The van der Waals surface area contributed by atoms with Gasteiger partial charge in [0, 0.05) is 12.6 Å². The fourth-order valence-electron chi connectivity index (χ4n) is 4.41. The first-order chi connectivity index (χ1) is 17.7. The lowest BCUT2D eigenvalue weighted by Gasteiger charge is -2.26. The quantitative estimate of drug-likeness (QED) is 0.330. The molecule has 2 atom stereocenters. The highest BCUT2D eigenvalue weighted by molar-refractivity contribution is 7.12. The van der Waals surface area contributed by atoms with Crippen LogP contribution in [0.5, 0.6) is 5.75 Å². The van der Waals surface area contributed by atoms with Crippen molar-refractivity contribution in [3.05, 3.63) is 68.7 Å². The van der Waals surface area contributed by atoms with Crippen molar-refractivity contribution in [2.24, 2.45) is 0 Å². The number of aryl methyl sites for hydroxylation is 3.